The van der Waals surface area contributed by atoms with Crippen LogP contribution in [0.3, 0.4) is 0 Å². The van der Waals surface area contributed by atoms with Crippen LogP contribution < -0.4 is 4.74 Å². The molecular weight excluding hydrogens is 254 g/mol. The third kappa shape index (κ3) is 6.95. The quantitative estimate of drug-likeness (QED) is 0.705. The molecule has 20 heavy (non-hydrogen) atoms. The van der Waals surface area contributed by atoms with Crippen LogP contribution in [-0.2, 0) is 4.79 Å². The lowest BCUT2D eigenvalue weighted by Crippen LogP contribution is -2.25. The Morgan fingerprint density at radius 2 is 2.00 bits per heavy atom. The smallest absolute Gasteiger partial charge is 0.328 e. The maximum atomic E-state index is 10.4. The lowest BCUT2D eigenvalue weighted by Gasteiger charge is -2.16. The van der Waals surface area contributed by atoms with E-state index in [1.165, 1.54) is 12.8 Å². The molecule has 0 spiro atoms. The van der Waals surface area contributed by atoms with Crippen LogP contribution in [0.1, 0.15) is 25.3 Å². The van der Waals surface area contributed by atoms with Gasteiger partial charge in [-0.1, -0.05) is 25.5 Å². The summed E-state index contributed by atoms with van der Waals surface area (Å²) in [5.41, 5.74) is 0.847. The Bertz CT molecular complexity index is 426. The highest BCUT2D eigenvalue weighted by molar-refractivity contribution is 5.85. The average molecular weight is 277 g/mol. The van der Waals surface area contributed by atoms with Gasteiger partial charge in [0.2, 0.25) is 0 Å². The van der Waals surface area contributed by atoms with E-state index in [0.29, 0.717) is 6.61 Å². The topological polar surface area (TPSA) is 49.8 Å². The molecule has 1 aromatic carbocycles. The van der Waals surface area contributed by atoms with Crippen LogP contribution in [0.15, 0.2) is 30.3 Å². The van der Waals surface area contributed by atoms with Crippen LogP contribution in [0.4, 0.5) is 0 Å². The summed E-state index contributed by atoms with van der Waals surface area (Å²) in [6.07, 6.45) is 5.10. The number of rotatable bonds is 9. The van der Waals surface area contributed by atoms with Gasteiger partial charge in [0.05, 0.1) is 0 Å². The number of hydrogen-bond acceptors (Lipinski definition) is 3. The SMILES string of the molecule is CCCCN(C)CCOc1ccc(C=CC(=O)O)cc1. The molecule has 0 amide bonds. The van der Waals surface area contributed by atoms with E-state index >= 15 is 0 Å². The predicted octanol–water partition coefficient (Wildman–Crippen LogP) is 2.90. The largest absolute Gasteiger partial charge is 0.492 e. The number of benzene rings is 1. The van der Waals surface area contributed by atoms with Gasteiger partial charge in [-0.15, -0.1) is 0 Å². The van der Waals surface area contributed by atoms with Crippen molar-refractivity contribution in [3.63, 3.8) is 0 Å². The molecule has 0 saturated heterocycles. The van der Waals surface area contributed by atoms with E-state index < -0.39 is 5.97 Å². The zero-order valence-corrected chi connectivity index (χ0v) is 12.2. The van der Waals surface area contributed by atoms with Gasteiger partial charge in [0.15, 0.2) is 0 Å². The minimum atomic E-state index is -0.944. The Kier molecular flexibility index (Phi) is 7.43. The first-order chi connectivity index (χ1) is 9.61. The Morgan fingerprint density at radius 3 is 2.60 bits per heavy atom. The zero-order valence-electron chi connectivity index (χ0n) is 12.2. The molecule has 0 fully saturated rings. The Labute approximate surface area is 120 Å². The summed E-state index contributed by atoms with van der Waals surface area (Å²) in [6, 6.07) is 7.40. The lowest BCUT2D eigenvalue weighted by atomic mass is 10.2. The minimum Gasteiger partial charge on any atom is -0.492 e. The summed E-state index contributed by atoms with van der Waals surface area (Å²) in [6.45, 7) is 4.84. The van der Waals surface area contributed by atoms with Crippen molar-refractivity contribution in [1.82, 2.24) is 4.90 Å². The Hall–Kier alpha value is -1.81. The third-order valence-electron chi connectivity index (χ3n) is 2.93. The summed E-state index contributed by atoms with van der Waals surface area (Å²) < 4.78 is 5.66. The van der Waals surface area contributed by atoms with E-state index in [1.54, 1.807) is 6.08 Å². The fraction of sp³-hybridized carbons (Fsp3) is 0.438. The molecule has 0 aliphatic heterocycles. The second-order valence-corrected chi connectivity index (χ2v) is 4.75. The van der Waals surface area contributed by atoms with Gasteiger partial charge in [-0.2, -0.15) is 0 Å². The molecule has 4 nitrogen and oxygen atoms in total. The van der Waals surface area contributed by atoms with Gasteiger partial charge >= 0.3 is 5.97 Å². The van der Waals surface area contributed by atoms with E-state index in [4.69, 9.17) is 9.84 Å². The zero-order chi connectivity index (χ0) is 14.8. The van der Waals surface area contributed by atoms with Crippen molar-refractivity contribution in [3.05, 3.63) is 35.9 Å². The fourth-order valence-electron chi connectivity index (χ4n) is 1.70. The van der Waals surface area contributed by atoms with Gasteiger partial charge in [-0.05, 0) is 43.8 Å². The molecule has 1 aromatic rings. The summed E-state index contributed by atoms with van der Waals surface area (Å²) in [7, 11) is 2.10. The third-order valence-corrected chi connectivity index (χ3v) is 2.93. The number of unbranched alkanes of at least 4 members (excludes halogenated alkanes) is 1. The highest BCUT2D eigenvalue weighted by Gasteiger charge is 1.99. The number of hydrogen-bond donors (Lipinski definition) is 1. The van der Waals surface area contributed by atoms with Crippen LogP contribution in [0, 0.1) is 0 Å². The molecule has 0 aliphatic carbocycles. The number of carbonyl (C=O) groups is 1. The van der Waals surface area contributed by atoms with Crippen molar-refractivity contribution in [2.45, 2.75) is 19.8 Å². The molecule has 0 bridgehead atoms. The molecule has 0 aromatic heterocycles. The molecule has 0 heterocycles. The van der Waals surface area contributed by atoms with Gasteiger partial charge < -0.3 is 14.7 Å². The van der Waals surface area contributed by atoms with Gasteiger partial charge in [0.1, 0.15) is 12.4 Å². The highest BCUT2D eigenvalue weighted by Crippen LogP contribution is 2.13. The molecule has 0 atom stereocenters. The maximum Gasteiger partial charge on any atom is 0.328 e. The fourth-order valence-corrected chi connectivity index (χ4v) is 1.70. The Balaban J connectivity index is 2.33. The molecule has 0 radical (unpaired) electrons. The van der Waals surface area contributed by atoms with Gasteiger partial charge in [0, 0.05) is 12.6 Å². The van der Waals surface area contributed by atoms with E-state index in [9.17, 15) is 4.79 Å². The first-order valence-corrected chi connectivity index (χ1v) is 6.94. The number of likely N-dealkylation sites (N-methyl/N-ethyl adjacent to an activating group) is 1. The maximum absolute atomic E-state index is 10.4. The lowest BCUT2D eigenvalue weighted by molar-refractivity contribution is -0.131. The summed E-state index contributed by atoms with van der Waals surface area (Å²) in [5, 5.41) is 8.54. The number of aliphatic carboxylic acids is 1. The van der Waals surface area contributed by atoms with Crippen LogP contribution in [0.5, 0.6) is 5.75 Å². The second kappa shape index (κ2) is 9.15. The number of carboxylic acid groups (broad SMARTS) is 1. The molecule has 0 aliphatic rings. The van der Waals surface area contributed by atoms with E-state index in [1.807, 2.05) is 24.3 Å². The molecule has 1 N–H and O–H groups in total. The molecule has 1 rings (SSSR count). The van der Waals surface area contributed by atoms with Crippen LogP contribution in [-0.4, -0.2) is 42.7 Å². The van der Waals surface area contributed by atoms with Gasteiger partial charge in [-0.25, -0.2) is 4.79 Å². The summed E-state index contributed by atoms with van der Waals surface area (Å²) >= 11 is 0. The van der Waals surface area contributed by atoms with Crippen molar-refractivity contribution in [2.24, 2.45) is 0 Å². The summed E-state index contributed by atoms with van der Waals surface area (Å²) in [5.74, 6) is -0.137. The highest BCUT2D eigenvalue weighted by atomic mass is 16.5. The van der Waals surface area contributed by atoms with Crippen LogP contribution in [0.2, 0.25) is 0 Å². The van der Waals surface area contributed by atoms with Gasteiger partial charge in [0.25, 0.3) is 0 Å². The Morgan fingerprint density at radius 1 is 1.30 bits per heavy atom. The summed E-state index contributed by atoms with van der Waals surface area (Å²) in [4.78, 5) is 12.7. The molecule has 4 heteroatoms. The number of nitrogens with zero attached hydrogens (tertiary/aromatic N) is 1. The van der Waals surface area contributed by atoms with Gasteiger partial charge in [-0.3, -0.25) is 0 Å². The van der Waals surface area contributed by atoms with Crippen molar-refractivity contribution in [1.29, 1.82) is 0 Å². The first-order valence-electron chi connectivity index (χ1n) is 6.94. The van der Waals surface area contributed by atoms with Crippen molar-refractivity contribution in [2.75, 3.05) is 26.7 Å². The average Bonchev–Trinajstić information content (AvgIpc) is 2.44. The molecule has 110 valence electrons. The van der Waals surface area contributed by atoms with Crippen molar-refractivity contribution in [3.8, 4) is 5.75 Å². The van der Waals surface area contributed by atoms with Crippen molar-refractivity contribution < 1.29 is 14.6 Å². The van der Waals surface area contributed by atoms with E-state index in [2.05, 4.69) is 18.9 Å². The number of carboxylic acids is 1. The van der Waals surface area contributed by atoms with E-state index in [0.717, 1.165) is 30.5 Å². The second-order valence-electron chi connectivity index (χ2n) is 4.75. The van der Waals surface area contributed by atoms with Crippen molar-refractivity contribution >= 4 is 12.0 Å². The van der Waals surface area contributed by atoms with Crippen LogP contribution >= 0.6 is 0 Å². The molecule has 0 unspecified atom stereocenters. The minimum absolute atomic E-state index is 0.657. The predicted molar refractivity (Wildman–Crippen MR) is 81.0 cm³/mol. The normalized spacial score (nSPS) is 11.2. The molecular formula is C16H23NO3. The van der Waals surface area contributed by atoms with Crippen LogP contribution in [0.25, 0.3) is 6.08 Å². The first kappa shape index (κ1) is 16.2. The standard InChI is InChI=1S/C16H23NO3/c1-3-4-11-17(2)12-13-20-15-8-5-14(6-9-15)7-10-16(18)19/h5-10H,3-4,11-13H2,1-2H3,(H,18,19). The van der Waals surface area contributed by atoms with E-state index in [-0.39, 0.29) is 0 Å². The monoisotopic (exact) mass is 277 g/mol. The number of ether oxygens (including phenoxy) is 1. The molecule has 0 saturated carbocycles.